The Labute approximate surface area is 232 Å². The van der Waals surface area contributed by atoms with Crippen LogP contribution in [-0.4, -0.2) is 73.8 Å². The van der Waals surface area contributed by atoms with Crippen LogP contribution in [0, 0.1) is 5.92 Å². The number of amides is 1. The van der Waals surface area contributed by atoms with Crippen LogP contribution >= 0.6 is 34.5 Å². The number of nitrogens with zero attached hydrogens (tertiary/aromatic N) is 2. The highest BCUT2D eigenvalue weighted by Crippen LogP contribution is 2.43. The number of nitrogens with one attached hydrogen (secondary N) is 2. The molecule has 2 heterocycles. The zero-order chi connectivity index (χ0) is 28.0. The van der Waals surface area contributed by atoms with E-state index in [4.69, 9.17) is 23.2 Å². The molecule has 38 heavy (non-hydrogen) atoms. The lowest BCUT2D eigenvalue weighted by atomic mass is 9.82. The van der Waals surface area contributed by atoms with Crippen molar-refractivity contribution in [2.45, 2.75) is 55.3 Å². The zero-order valence-electron chi connectivity index (χ0n) is 20.5. The highest BCUT2D eigenvalue weighted by atomic mass is 35.5. The highest BCUT2D eigenvalue weighted by molar-refractivity contribution is 7.89. The van der Waals surface area contributed by atoms with Gasteiger partial charge in [0.25, 0.3) is 5.91 Å². The Morgan fingerprint density at radius 2 is 1.95 bits per heavy atom. The van der Waals surface area contributed by atoms with Gasteiger partial charge >= 0.3 is 6.18 Å². The largest absolute Gasteiger partial charge is 0.404 e. The van der Waals surface area contributed by atoms with Crippen LogP contribution in [0.5, 0.6) is 0 Å². The Bertz CT molecular complexity index is 1330. The SMILES string of the molecule is CC(NS(=O)(=O)c1ccc(-c2sc(C(=O)NCC3(O)CN(C)C3)nc2CC2CCC2)c(Cl)c1Cl)C(F)(F)F. The van der Waals surface area contributed by atoms with E-state index in [-0.39, 0.29) is 16.6 Å². The van der Waals surface area contributed by atoms with Gasteiger partial charge < -0.3 is 15.3 Å². The second kappa shape index (κ2) is 10.8. The Hall–Kier alpha value is -1.48. The molecule has 2 aliphatic rings. The molecule has 1 aromatic carbocycles. The summed E-state index contributed by atoms with van der Waals surface area (Å²) in [5.41, 5.74) is -0.0800. The average molecular weight is 616 g/mol. The molecule has 1 amide bonds. The average Bonchev–Trinajstić information content (AvgIpc) is 3.18. The van der Waals surface area contributed by atoms with E-state index in [1.807, 2.05) is 11.9 Å². The lowest BCUT2D eigenvalue weighted by Gasteiger charge is -2.44. The van der Waals surface area contributed by atoms with Crippen LogP contribution < -0.4 is 10.0 Å². The van der Waals surface area contributed by atoms with Crippen molar-refractivity contribution in [2.24, 2.45) is 5.92 Å². The topological polar surface area (TPSA) is 112 Å². The standard InChI is InChI=1S/C23H27Cl2F3N4O4S2/c1-12(23(26,27)28)31-38(35,36)16-7-6-14(17(24)18(16)25)19-15(8-13-4-3-5-13)30-21(37-19)20(33)29-9-22(34)10-32(2)11-22/h6-7,12-13,31,34H,3-5,8-11H2,1-2H3,(H,29,33). The smallest absolute Gasteiger partial charge is 0.385 e. The fraction of sp³-hybridized carbons (Fsp3) is 0.565. The van der Waals surface area contributed by atoms with Crippen molar-refractivity contribution < 1.29 is 31.5 Å². The molecule has 210 valence electrons. The molecule has 1 atom stereocenters. The molecule has 1 aliphatic heterocycles. The number of aromatic nitrogens is 1. The molecular formula is C23H27Cl2F3N4O4S2. The zero-order valence-corrected chi connectivity index (χ0v) is 23.7. The van der Waals surface area contributed by atoms with E-state index < -0.39 is 43.7 Å². The number of likely N-dealkylation sites (N-methyl/N-ethyl adjacent to an activating group) is 1. The number of likely N-dealkylation sites (tertiary alicyclic amines) is 1. The summed E-state index contributed by atoms with van der Waals surface area (Å²) in [4.78, 5) is 19.3. The summed E-state index contributed by atoms with van der Waals surface area (Å²) in [6, 6.07) is 0.106. The van der Waals surface area contributed by atoms with Crippen LogP contribution in [0.3, 0.4) is 0 Å². The second-order valence-electron chi connectivity index (χ2n) is 10.00. The molecule has 4 rings (SSSR count). The van der Waals surface area contributed by atoms with Crippen molar-refractivity contribution in [3.05, 3.63) is 32.9 Å². The molecule has 1 unspecified atom stereocenters. The molecule has 1 aliphatic carbocycles. The number of carbonyl (C=O) groups excluding carboxylic acids is 1. The van der Waals surface area contributed by atoms with Crippen molar-refractivity contribution in [1.82, 2.24) is 19.9 Å². The molecule has 0 bridgehead atoms. The van der Waals surface area contributed by atoms with Gasteiger partial charge in [-0.2, -0.15) is 17.9 Å². The fourth-order valence-corrected chi connectivity index (χ4v) is 7.63. The van der Waals surface area contributed by atoms with E-state index in [9.17, 15) is 31.5 Å². The first-order valence-electron chi connectivity index (χ1n) is 11.9. The van der Waals surface area contributed by atoms with Gasteiger partial charge in [0, 0.05) is 25.2 Å². The second-order valence-corrected chi connectivity index (χ2v) is 13.4. The van der Waals surface area contributed by atoms with E-state index in [0.29, 0.717) is 48.5 Å². The maximum absolute atomic E-state index is 12.9. The number of β-amino-alcohol motifs (C(OH)–C–C–N with tert-alkyl or cyclic N) is 1. The van der Waals surface area contributed by atoms with Crippen LogP contribution in [0.15, 0.2) is 17.0 Å². The van der Waals surface area contributed by atoms with E-state index in [2.05, 4.69) is 10.3 Å². The molecule has 1 saturated carbocycles. The first-order chi connectivity index (χ1) is 17.6. The Morgan fingerprint density at radius 1 is 1.29 bits per heavy atom. The first kappa shape index (κ1) is 29.5. The molecule has 1 saturated heterocycles. The predicted molar refractivity (Wildman–Crippen MR) is 139 cm³/mol. The van der Waals surface area contributed by atoms with Gasteiger partial charge in [-0.1, -0.05) is 48.5 Å². The quantitative estimate of drug-likeness (QED) is 0.392. The number of hydrogen-bond acceptors (Lipinski definition) is 7. The monoisotopic (exact) mass is 614 g/mol. The number of hydrogen-bond donors (Lipinski definition) is 3. The minimum Gasteiger partial charge on any atom is -0.385 e. The van der Waals surface area contributed by atoms with Gasteiger partial charge in [0.15, 0.2) is 5.01 Å². The number of sulfonamides is 1. The molecule has 1 aromatic heterocycles. The molecule has 0 radical (unpaired) electrons. The van der Waals surface area contributed by atoms with E-state index in [0.717, 1.165) is 36.7 Å². The minimum atomic E-state index is -4.79. The number of alkyl halides is 3. The number of halogens is 5. The summed E-state index contributed by atoms with van der Waals surface area (Å²) in [5, 5.41) is 12.7. The Balaban J connectivity index is 1.63. The molecule has 8 nitrogen and oxygen atoms in total. The first-order valence-corrected chi connectivity index (χ1v) is 14.9. The third-order valence-corrected chi connectivity index (χ3v) is 10.4. The predicted octanol–water partition coefficient (Wildman–Crippen LogP) is 4.09. The fourth-order valence-electron chi connectivity index (χ4n) is 4.44. The van der Waals surface area contributed by atoms with Crippen molar-refractivity contribution in [3.8, 4) is 10.4 Å². The third-order valence-electron chi connectivity index (χ3n) is 6.71. The van der Waals surface area contributed by atoms with Gasteiger partial charge in [-0.25, -0.2) is 13.4 Å². The van der Waals surface area contributed by atoms with Crippen LogP contribution in [0.25, 0.3) is 10.4 Å². The summed E-state index contributed by atoms with van der Waals surface area (Å²) in [7, 11) is -2.78. The molecule has 15 heteroatoms. The van der Waals surface area contributed by atoms with Crippen molar-refractivity contribution in [2.75, 3.05) is 26.7 Å². The van der Waals surface area contributed by atoms with Crippen LogP contribution in [0.1, 0.15) is 41.7 Å². The van der Waals surface area contributed by atoms with Gasteiger partial charge in [-0.15, -0.1) is 11.3 Å². The normalized spacial score (nSPS) is 19.1. The molecule has 0 spiro atoms. The number of thiazole rings is 1. The van der Waals surface area contributed by atoms with Gasteiger partial charge in [-0.05, 0) is 32.4 Å². The van der Waals surface area contributed by atoms with Gasteiger partial charge in [0.2, 0.25) is 10.0 Å². The van der Waals surface area contributed by atoms with Crippen molar-refractivity contribution in [3.63, 3.8) is 0 Å². The molecule has 3 N–H and O–H groups in total. The van der Waals surface area contributed by atoms with Gasteiger partial charge in [0.05, 0.1) is 20.6 Å². The van der Waals surface area contributed by atoms with Crippen LogP contribution in [0.2, 0.25) is 10.0 Å². The minimum absolute atomic E-state index is 0.0610. The Morgan fingerprint density at radius 3 is 2.50 bits per heavy atom. The van der Waals surface area contributed by atoms with E-state index in [1.165, 1.54) is 6.07 Å². The summed E-state index contributed by atoms with van der Waals surface area (Å²) in [6.45, 7) is 1.61. The van der Waals surface area contributed by atoms with Crippen LogP contribution in [-0.2, 0) is 16.4 Å². The van der Waals surface area contributed by atoms with Crippen molar-refractivity contribution in [1.29, 1.82) is 0 Å². The molecule has 2 fully saturated rings. The van der Waals surface area contributed by atoms with E-state index >= 15 is 0 Å². The number of rotatable bonds is 9. The maximum Gasteiger partial charge on any atom is 0.404 e. The highest BCUT2D eigenvalue weighted by Gasteiger charge is 2.40. The molecule has 2 aromatic rings. The lowest BCUT2D eigenvalue weighted by Crippen LogP contribution is -2.64. The third kappa shape index (κ3) is 6.29. The van der Waals surface area contributed by atoms with E-state index in [1.54, 1.807) is 4.72 Å². The van der Waals surface area contributed by atoms with Gasteiger partial charge in [0.1, 0.15) is 16.5 Å². The number of benzene rings is 1. The summed E-state index contributed by atoms with van der Waals surface area (Å²) < 4.78 is 65.6. The summed E-state index contributed by atoms with van der Waals surface area (Å²) >= 11 is 13.8. The molecular weight excluding hydrogens is 588 g/mol. The Kier molecular flexibility index (Phi) is 8.41. The lowest BCUT2D eigenvalue weighted by molar-refractivity contribution is -0.147. The van der Waals surface area contributed by atoms with Crippen LogP contribution in [0.4, 0.5) is 13.2 Å². The van der Waals surface area contributed by atoms with Gasteiger partial charge in [-0.3, -0.25) is 4.79 Å². The number of carbonyl (C=O) groups is 1. The number of aliphatic hydroxyl groups is 1. The maximum atomic E-state index is 12.9. The summed E-state index contributed by atoms with van der Waals surface area (Å²) in [6.07, 6.45) is -1.11. The van der Waals surface area contributed by atoms with Crippen molar-refractivity contribution >= 4 is 50.5 Å². The summed E-state index contributed by atoms with van der Waals surface area (Å²) in [5.74, 6) is -0.0919.